The Morgan fingerprint density at radius 1 is 1.26 bits per heavy atom. The molecule has 1 rings (SSSR count). The lowest BCUT2D eigenvalue weighted by atomic mass is 10.1. The number of piperazine rings is 1. The second-order valence-electron chi connectivity index (χ2n) is 5.85. The maximum absolute atomic E-state index is 12.1. The molecule has 1 N–H and O–H groups in total. The topological polar surface area (TPSA) is 76.4 Å². The Labute approximate surface area is 116 Å². The molecule has 0 aliphatic carbocycles. The van der Waals surface area contributed by atoms with E-state index in [4.69, 9.17) is 5.26 Å². The number of rotatable bonds is 4. The predicted molar refractivity (Wildman–Crippen MR) is 74.6 cm³/mol. The van der Waals surface area contributed by atoms with Gasteiger partial charge in [0.15, 0.2) is 0 Å². The predicted octanol–water partition coefficient (Wildman–Crippen LogP) is 0.539. The first-order valence-electron chi connectivity index (χ1n) is 6.62. The smallest absolute Gasteiger partial charge is 0.280 e. The Balaban J connectivity index is 2.62. The Hall–Kier alpha value is -0.680. The standard InChI is InChI=1S/C12H24N4O2S/c1-5-11(10-13)15-6-8-16(9-7-15)19(17,18)14-12(2,3)4/h11,14H,5-9H2,1-4H3. The van der Waals surface area contributed by atoms with E-state index >= 15 is 0 Å². The average molecular weight is 288 g/mol. The van der Waals surface area contributed by atoms with Gasteiger partial charge in [-0.2, -0.15) is 22.7 Å². The summed E-state index contributed by atoms with van der Waals surface area (Å²) in [4.78, 5) is 2.04. The highest BCUT2D eigenvalue weighted by molar-refractivity contribution is 7.87. The third-order valence-electron chi connectivity index (χ3n) is 3.02. The minimum atomic E-state index is -3.43. The average Bonchev–Trinajstić information content (AvgIpc) is 2.28. The van der Waals surface area contributed by atoms with Gasteiger partial charge < -0.3 is 0 Å². The highest BCUT2D eigenvalue weighted by Gasteiger charge is 2.31. The van der Waals surface area contributed by atoms with Gasteiger partial charge in [-0.05, 0) is 27.2 Å². The summed E-state index contributed by atoms with van der Waals surface area (Å²) in [6.45, 7) is 9.52. The van der Waals surface area contributed by atoms with Gasteiger partial charge in [-0.1, -0.05) is 6.92 Å². The number of nitriles is 1. The first-order valence-corrected chi connectivity index (χ1v) is 8.06. The molecule has 0 bridgehead atoms. The van der Waals surface area contributed by atoms with Crippen molar-refractivity contribution < 1.29 is 8.42 Å². The van der Waals surface area contributed by atoms with Crippen molar-refractivity contribution in [2.24, 2.45) is 0 Å². The van der Waals surface area contributed by atoms with Gasteiger partial charge in [0.25, 0.3) is 10.2 Å². The van der Waals surface area contributed by atoms with E-state index in [0.717, 1.165) is 6.42 Å². The number of hydrogen-bond acceptors (Lipinski definition) is 4. The van der Waals surface area contributed by atoms with Gasteiger partial charge in [0.2, 0.25) is 0 Å². The zero-order chi connectivity index (χ0) is 14.7. The molecule has 1 atom stereocenters. The molecular formula is C12H24N4O2S. The number of hydrogen-bond donors (Lipinski definition) is 1. The van der Waals surface area contributed by atoms with E-state index in [2.05, 4.69) is 10.8 Å². The third-order valence-corrected chi connectivity index (χ3v) is 4.94. The highest BCUT2D eigenvalue weighted by atomic mass is 32.2. The molecule has 7 heteroatoms. The molecule has 0 aromatic rings. The quantitative estimate of drug-likeness (QED) is 0.819. The third kappa shape index (κ3) is 4.73. The molecule has 0 radical (unpaired) electrons. The van der Waals surface area contributed by atoms with Crippen LogP contribution in [0.15, 0.2) is 0 Å². The van der Waals surface area contributed by atoms with Crippen LogP contribution in [0.4, 0.5) is 0 Å². The Morgan fingerprint density at radius 2 is 1.79 bits per heavy atom. The van der Waals surface area contributed by atoms with Crippen molar-refractivity contribution >= 4 is 10.2 Å². The van der Waals surface area contributed by atoms with Crippen LogP contribution in [0.25, 0.3) is 0 Å². The van der Waals surface area contributed by atoms with E-state index in [-0.39, 0.29) is 6.04 Å². The van der Waals surface area contributed by atoms with E-state index in [1.807, 2.05) is 32.6 Å². The van der Waals surface area contributed by atoms with Crippen LogP contribution >= 0.6 is 0 Å². The Kier molecular flexibility index (Phi) is 5.33. The van der Waals surface area contributed by atoms with E-state index in [1.54, 1.807) is 0 Å². The molecule has 0 spiro atoms. The first kappa shape index (κ1) is 16.4. The van der Waals surface area contributed by atoms with E-state index in [0.29, 0.717) is 26.2 Å². The second kappa shape index (κ2) is 6.18. The SMILES string of the molecule is CCC(C#N)N1CCN(S(=O)(=O)NC(C)(C)C)CC1. The van der Waals surface area contributed by atoms with Gasteiger partial charge in [0.1, 0.15) is 0 Å². The Morgan fingerprint density at radius 3 is 2.16 bits per heavy atom. The van der Waals surface area contributed by atoms with Crippen molar-refractivity contribution in [2.45, 2.75) is 45.7 Å². The first-order chi connectivity index (χ1) is 8.69. The molecule has 1 heterocycles. The maximum atomic E-state index is 12.1. The molecule has 0 amide bonds. The van der Waals surface area contributed by atoms with Gasteiger partial charge in [-0.3, -0.25) is 4.90 Å². The summed E-state index contributed by atoms with van der Waals surface area (Å²) in [5.74, 6) is 0. The summed E-state index contributed by atoms with van der Waals surface area (Å²) in [6, 6.07) is 2.14. The summed E-state index contributed by atoms with van der Waals surface area (Å²) in [5, 5.41) is 9.02. The van der Waals surface area contributed by atoms with Crippen LogP contribution in [-0.4, -0.2) is 55.4 Å². The highest BCUT2D eigenvalue weighted by Crippen LogP contribution is 2.13. The van der Waals surface area contributed by atoms with Gasteiger partial charge in [-0.15, -0.1) is 0 Å². The van der Waals surface area contributed by atoms with Gasteiger partial charge in [0.05, 0.1) is 12.1 Å². The lowest BCUT2D eigenvalue weighted by molar-refractivity contribution is 0.158. The zero-order valence-electron chi connectivity index (χ0n) is 12.2. The monoisotopic (exact) mass is 288 g/mol. The minimum Gasteiger partial charge on any atom is -0.285 e. The van der Waals surface area contributed by atoms with Crippen molar-refractivity contribution in [3.05, 3.63) is 0 Å². The van der Waals surface area contributed by atoms with Crippen LogP contribution in [-0.2, 0) is 10.2 Å². The molecular weight excluding hydrogens is 264 g/mol. The van der Waals surface area contributed by atoms with Crippen LogP contribution < -0.4 is 4.72 Å². The molecule has 0 saturated carbocycles. The van der Waals surface area contributed by atoms with Crippen LogP contribution in [0, 0.1) is 11.3 Å². The largest absolute Gasteiger partial charge is 0.285 e. The summed E-state index contributed by atoms with van der Waals surface area (Å²) in [7, 11) is -3.43. The number of nitrogens with zero attached hydrogens (tertiary/aromatic N) is 3. The fraction of sp³-hybridized carbons (Fsp3) is 0.917. The molecule has 1 unspecified atom stereocenters. The van der Waals surface area contributed by atoms with Gasteiger partial charge in [-0.25, -0.2) is 0 Å². The van der Waals surface area contributed by atoms with E-state index < -0.39 is 15.7 Å². The molecule has 19 heavy (non-hydrogen) atoms. The fourth-order valence-electron chi connectivity index (χ4n) is 2.14. The van der Waals surface area contributed by atoms with Crippen molar-refractivity contribution in [2.75, 3.05) is 26.2 Å². The normalized spacial score (nSPS) is 21.0. The minimum absolute atomic E-state index is 0.111. The maximum Gasteiger partial charge on any atom is 0.280 e. The lowest BCUT2D eigenvalue weighted by Gasteiger charge is -2.37. The molecule has 1 saturated heterocycles. The van der Waals surface area contributed by atoms with Gasteiger partial charge >= 0.3 is 0 Å². The molecule has 0 aromatic heterocycles. The van der Waals surface area contributed by atoms with Crippen molar-refractivity contribution in [3.8, 4) is 6.07 Å². The van der Waals surface area contributed by atoms with Crippen LogP contribution in [0.3, 0.4) is 0 Å². The number of nitrogens with one attached hydrogen (secondary N) is 1. The molecule has 1 fully saturated rings. The summed E-state index contributed by atoms with van der Waals surface area (Å²) < 4.78 is 28.4. The Bertz CT molecular complexity index is 428. The molecule has 1 aliphatic rings. The van der Waals surface area contributed by atoms with Crippen molar-refractivity contribution in [1.82, 2.24) is 13.9 Å². The molecule has 1 aliphatic heterocycles. The molecule has 0 aromatic carbocycles. The molecule has 110 valence electrons. The zero-order valence-corrected chi connectivity index (χ0v) is 13.0. The lowest BCUT2D eigenvalue weighted by Crippen LogP contribution is -2.56. The summed E-state index contributed by atoms with van der Waals surface area (Å²) in [5.41, 5.74) is -0.478. The van der Waals surface area contributed by atoms with Crippen LogP contribution in [0.5, 0.6) is 0 Å². The van der Waals surface area contributed by atoms with Gasteiger partial charge in [0, 0.05) is 31.7 Å². The van der Waals surface area contributed by atoms with Crippen molar-refractivity contribution in [1.29, 1.82) is 5.26 Å². The fourth-order valence-corrected chi connectivity index (χ4v) is 3.69. The van der Waals surface area contributed by atoms with Crippen molar-refractivity contribution in [3.63, 3.8) is 0 Å². The summed E-state index contributed by atoms with van der Waals surface area (Å²) >= 11 is 0. The van der Waals surface area contributed by atoms with Crippen LogP contribution in [0.2, 0.25) is 0 Å². The second-order valence-corrected chi connectivity index (χ2v) is 7.52. The van der Waals surface area contributed by atoms with E-state index in [1.165, 1.54) is 4.31 Å². The van der Waals surface area contributed by atoms with E-state index in [9.17, 15) is 8.42 Å². The summed E-state index contributed by atoms with van der Waals surface area (Å²) in [6.07, 6.45) is 0.767. The van der Waals surface area contributed by atoms with Crippen LogP contribution in [0.1, 0.15) is 34.1 Å². The molecule has 6 nitrogen and oxygen atoms in total.